The molecular formula is C17H18N4O3S. The molecule has 0 aliphatic heterocycles. The number of nitrogens with zero attached hydrogens (tertiary/aromatic N) is 4. The van der Waals surface area contributed by atoms with Crippen molar-refractivity contribution in [1.82, 2.24) is 14.3 Å². The molecule has 0 unspecified atom stereocenters. The number of esters is 1. The molecule has 0 bridgehead atoms. The third-order valence-electron chi connectivity index (χ3n) is 3.61. The van der Waals surface area contributed by atoms with Crippen molar-refractivity contribution in [2.24, 2.45) is 4.99 Å². The Labute approximate surface area is 148 Å². The number of carbonyl (C=O) groups is 2. The van der Waals surface area contributed by atoms with E-state index >= 15 is 0 Å². The highest BCUT2D eigenvalue weighted by molar-refractivity contribution is 7.16. The Balaban J connectivity index is 2.08. The molecule has 3 rings (SSSR count). The molecule has 7 nitrogen and oxygen atoms in total. The summed E-state index contributed by atoms with van der Waals surface area (Å²) in [7, 11) is 0. The predicted molar refractivity (Wildman–Crippen MR) is 94.2 cm³/mol. The maximum atomic E-state index is 12.5. The van der Waals surface area contributed by atoms with E-state index in [0.29, 0.717) is 23.6 Å². The monoisotopic (exact) mass is 358 g/mol. The lowest BCUT2D eigenvalue weighted by Crippen LogP contribution is -2.23. The Morgan fingerprint density at radius 1 is 1.24 bits per heavy atom. The average molecular weight is 358 g/mol. The maximum Gasteiger partial charge on any atom is 0.326 e. The first kappa shape index (κ1) is 17.1. The normalized spacial score (nSPS) is 11.8. The van der Waals surface area contributed by atoms with Crippen molar-refractivity contribution in [3.63, 3.8) is 0 Å². The molecule has 1 aromatic carbocycles. The predicted octanol–water partition coefficient (Wildman–Crippen LogP) is 2.22. The van der Waals surface area contributed by atoms with Crippen molar-refractivity contribution < 1.29 is 14.3 Å². The highest BCUT2D eigenvalue weighted by Crippen LogP contribution is 2.17. The molecule has 0 spiro atoms. The first-order valence-corrected chi connectivity index (χ1v) is 8.80. The summed E-state index contributed by atoms with van der Waals surface area (Å²) in [5.41, 5.74) is 1.26. The summed E-state index contributed by atoms with van der Waals surface area (Å²) in [6.07, 6.45) is 1.57. The zero-order valence-electron chi connectivity index (χ0n) is 14.0. The van der Waals surface area contributed by atoms with Crippen LogP contribution in [0.5, 0.6) is 0 Å². The quantitative estimate of drug-likeness (QED) is 0.655. The number of thiazole rings is 1. The molecule has 8 heteroatoms. The van der Waals surface area contributed by atoms with Crippen LogP contribution in [-0.4, -0.2) is 32.8 Å². The molecule has 0 saturated heterocycles. The van der Waals surface area contributed by atoms with Crippen LogP contribution in [0.2, 0.25) is 0 Å². The number of fused-ring (bicyclic) bond motifs is 1. The molecule has 0 atom stereocenters. The molecule has 0 aliphatic rings. The van der Waals surface area contributed by atoms with Gasteiger partial charge in [-0.1, -0.05) is 23.5 Å². The minimum atomic E-state index is -0.386. The summed E-state index contributed by atoms with van der Waals surface area (Å²) in [5.74, 6) is -0.748. The summed E-state index contributed by atoms with van der Waals surface area (Å²) in [4.78, 5) is 29.2. The van der Waals surface area contributed by atoms with Crippen LogP contribution >= 0.6 is 11.3 Å². The van der Waals surface area contributed by atoms with E-state index in [-0.39, 0.29) is 18.4 Å². The summed E-state index contributed by atoms with van der Waals surface area (Å²) >= 11 is 1.36. The third kappa shape index (κ3) is 3.53. The fraction of sp³-hybridized carbons (Fsp3) is 0.294. The van der Waals surface area contributed by atoms with E-state index in [1.807, 2.05) is 31.2 Å². The van der Waals surface area contributed by atoms with Crippen LogP contribution in [0.15, 0.2) is 41.5 Å². The van der Waals surface area contributed by atoms with Gasteiger partial charge < -0.3 is 9.30 Å². The molecular weight excluding hydrogens is 340 g/mol. The molecule has 25 heavy (non-hydrogen) atoms. The second-order valence-corrected chi connectivity index (χ2v) is 6.20. The molecule has 3 aromatic rings. The molecule has 0 aliphatic carbocycles. The number of amides is 1. The Hall–Kier alpha value is -2.74. The number of ether oxygens (including phenoxy) is 1. The van der Waals surface area contributed by atoms with Crippen molar-refractivity contribution in [1.29, 1.82) is 0 Å². The van der Waals surface area contributed by atoms with Gasteiger partial charge in [0.15, 0.2) is 4.80 Å². The van der Waals surface area contributed by atoms with Crippen molar-refractivity contribution in [2.45, 2.75) is 26.9 Å². The lowest BCUT2D eigenvalue weighted by Gasteiger charge is -2.05. The van der Waals surface area contributed by atoms with Crippen LogP contribution in [0.3, 0.4) is 0 Å². The van der Waals surface area contributed by atoms with Crippen LogP contribution in [0.1, 0.15) is 24.3 Å². The number of para-hydroxylation sites is 1. The molecule has 0 N–H and O–H groups in total. The van der Waals surface area contributed by atoms with E-state index in [0.717, 1.165) is 10.2 Å². The van der Waals surface area contributed by atoms with E-state index < -0.39 is 0 Å². The number of hydrogen-bond acceptors (Lipinski definition) is 5. The highest BCUT2D eigenvalue weighted by Gasteiger charge is 2.14. The molecule has 0 fully saturated rings. The van der Waals surface area contributed by atoms with Gasteiger partial charge in [-0.25, -0.2) is 0 Å². The Bertz CT molecular complexity index is 983. The number of aromatic nitrogens is 3. The number of benzene rings is 1. The summed E-state index contributed by atoms with van der Waals surface area (Å²) in [6, 6.07) is 9.25. The zero-order valence-corrected chi connectivity index (χ0v) is 14.8. The van der Waals surface area contributed by atoms with Crippen molar-refractivity contribution in [2.75, 3.05) is 6.61 Å². The largest absolute Gasteiger partial charge is 0.465 e. The molecule has 0 saturated carbocycles. The van der Waals surface area contributed by atoms with E-state index in [9.17, 15) is 9.59 Å². The van der Waals surface area contributed by atoms with E-state index in [1.165, 1.54) is 11.3 Å². The standard InChI is InChI=1S/C17H18N4O3S/c1-3-21-13(9-10-18-21)16(23)19-17-20(11-15(22)24-4-2)12-7-5-6-8-14(12)25-17/h5-10H,3-4,11H2,1-2H3. The maximum absolute atomic E-state index is 12.5. The van der Waals surface area contributed by atoms with Crippen molar-refractivity contribution in [3.8, 4) is 0 Å². The third-order valence-corrected chi connectivity index (χ3v) is 4.67. The van der Waals surface area contributed by atoms with Gasteiger partial charge in [0, 0.05) is 12.7 Å². The van der Waals surface area contributed by atoms with Gasteiger partial charge in [-0.05, 0) is 32.0 Å². The van der Waals surface area contributed by atoms with Gasteiger partial charge in [0.05, 0.1) is 16.8 Å². The van der Waals surface area contributed by atoms with Crippen molar-refractivity contribution in [3.05, 3.63) is 47.0 Å². The lowest BCUT2D eigenvalue weighted by atomic mass is 10.3. The Kier molecular flexibility index (Phi) is 5.08. The van der Waals surface area contributed by atoms with Gasteiger partial charge in [0.2, 0.25) is 0 Å². The Morgan fingerprint density at radius 3 is 2.80 bits per heavy atom. The number of rotatable bonds is 5. The van der Waals surface area contributed by atoms with Gasteiger partial charge in [-0.2, -0.15) is 10.1 Å². The molecule has 0 radical (unpaired) electrons. The Morgan fingerprint density at radius 2 is 2.04 bits per heavy atom. The minimum absolute atomic E-state index is 0.0109. The van der Waals surface area contributed by atoms with Gasteiger partial charge in [-0.15, -0.1) is 0 Å². The van der Waals surface area contributed by atoms with Crippen LogP contribution < -0.4 is 4.80 Å². The fourth-order valence-corrected chi connectivity index (χ4v) is 3.53. The van der Waals surface area contributed by atoms with Gasteiger partial charge in [-0.3, -0.25) is 14.3 Å². The lowest BCUT2D eigenvalue weighted by molar-refractivity contribution is -0.143. The average Bonchev–Trinajstić information content (AvgIpc) is 3.20. The molecule has 2 heterocycles. The van der Waals surface area contributed by atoms with E-state index in [1.54, 1.807) is 28.4 Å². The summed E-state index contributed by atoms with van der Waals surface area (Å²) in [5, 5.41) is 4.09. The van der Waals surface area contributed by atoms with Crippen molar-refractivity contribution >= 4 is 33.4 Å². The number of hydrogen-bond donors (Lipinski definition) is 0. The second-order valence-electron chi connectivity index (χ2n) is 5.19. The van der Waals surface area contributed by atoms with Crippen LogP contribution in [0, 0.1) is 0 Å². The topological polar surface area (TPSA) is 78.5 Å². The fourth-order valence-electron chi connectivity index (χ4n) is 2.51. The van der Waals surface area contributed by atoms with Gasteiger partial charge >= 0.3 is 5.97 Å². The van der Waals surface area contributed by atoms with E-state index in [2.05, 4.69) is 10.1 Å². The van der Waals surface area contributed by atoms with E-state index in [4.69, 9.17) is 4.74 Å². The van der Waals surface area contributed by atoms with Crippen LogP contribution in [0.4, 0.5) is 0 Å². The summed E-state index contributed by atoms with van der Waals surface area (Å²) in [6.45, 7) is 4.57. The van der Waals surface area contributed by atoms with Gasteiger partial charge in [0.1, 0.15) is 12.2 Å². The van der Waals surface area contributed by atoms with Gasteiger partial charge in [0.25, 0.3) is 5.91 Å². The first-order chi connectivity index (χ1) is 12.1. The zero-order chi connectivity index (χ0) is 17.8. The number of carbonyl (C=O) groups excluding carboxylic acids is 2. The van der Waals surface area contributed by atoms with Crippen LogP contribution in [-0.2, 0) is 22.6 Å². The second kappa shape index (κ2) is 7.43. The minimum Gasteiger partial charge on any atom is -0.465 e. The molecule has 2 aromatic heterocycles. The molecule has 1 amide bonds. The first-order valence-electron chi connectivity index (χ1n) is 7.99. The SMILES string of the molecule is CCOC(=O)Cn1c(=NC(=O)c2ccnn2CC)sc2ccccc21. The highest BCUT2D eigenvalue weighted by atomic mass is 32.1. The molecule has 130 valence electrons. The smallest absolute Gasteiger partial charge is 0.326 e. The summed E-state index contributed by atoms with van der Waals surface area (Å²) < 4.78 is 9.29. The van der Waals surface area contributed by atoms with Crippen LogP contribution in [0.25, 0.3) is 10.2 Å². The number of aryl methyl sites for hydroxylation is 1.